The summed E-state index contributed by atoms with van der Waals surface area (Å²) in [6.45, 7) is 5.69. The second-order valence-electron chi connectivity index (χ2n) is 5.15. The largest absolute Gasteiger partial charge is 0.369 e. The Morgan fingerprint density at radius 1 is 1.55 bits per heavy atom. The number of aliphatic hydroxyl groups is 1. The molecule has 1 aliphatic heterocycles. The standard InChI is InChI=1S/C14H18ClN3O2/c1-8(2)5-6-10-7-11(16-17(10)4)18-13(19)9(3)12(15)14(18)20/h5,7,13,19H,6H2,1-4H3. The van der Waals surface area contributed by atoms with Crippen LogP contribution in [0.15, 0.2) is 28.3 Å². The van der Waals surface area contributed by atoms with Crippen molar-refractivity contribution >= 4 is 23.3 Å². The molecule has 0 bridgehead atoms. The van der Waals surface area contributed by atoms with Crippen LogP contribution in [0, 0.1) is 0 Å². The highest BCUT2D eigenvalue weighted by Gasteiger charge is 2.37. The van der Waals surface area contributed by atoms with Gasteiger partial charge in [0.15, 0.2) is 12.0 Å². The highest BCUT2D eigenvalue weighted by molar-refractivity contribution is 6.45. The number of hydrogen-bond donors (Lipinski definition) is 1. The Hall–Kier alpha value is -1.59. The van der Waals surface area contributed by atoms with E-state index in [1.165, 1.54) is 10.5 Å². The van der Waals surface area contributed by atoms with E-state index in [2.05, 4.69) is 11.2 Å². The summed E-state index contributed by atoms with van der Waals surface area (Å²) < 4.78 is 1.70. The smallest absolute Gasteiger partial charge is 0.273 e. The van der Waals surface area contributed by atoms with Gasteiger partial charge in [-0.25, -0.2) is 0 Å². The predicted molar refractivity (Wildman–Crippen MR) is 78.4 cm³/mol. The zero-order chi connectivity index (χ0) is 15.0. The molecule has 0 saturated carbocycles. The molecule has 1 unspecified atom stereocenters. The van der Waals surface area contributed by atoms with Crippen LogP contribution in [0.5, 0.6) is 0 Å². The Bertz CT molecular complexity index is 612. The number of rotatable bonds is 3. The summed E-state index contributed by atoms with van der Waals surface area (Å²) in [5, 5.41) is 14.4. The van der Waals surface area contributed by atoms with Crippen molar-refractivity contribution in [3.8, 4) is 0 Å². The number of aryl methyl sites for hydroxylation is 1. The van der Waals surface area contributed by atoms with Gasteiger partial charge >= 0.3 is 0 Å². The molecule has 1 aromatic heterocycles. The molecule has 0 radical (unpaired) electrons. The van der Waals surface area contributed by atoms with Crippen LogP contribution >= 0.6 is 11.6 Å². The maximum absolute atomic E-state index is 12.0. The van der Waals surface area contributed by atoms with Crippen LogP contribution in [0.3, 0.4) is 0 Å². The third kappa shape index (κ3) is 2.51. The van der Waals surface area contributed by atoms with Crippen molar-refractivity contribution in [2.45, 2.75) is 33.4 Å². The molecule has 0 fully saturated rings. The number of anilines is 1. The van der Waals surface area contributed by atoms with E-state index < -0.39 is 12.1 Å². The van der Waals surface area contributed by atoms with E-state index in [4.69, 9.17) is 11.6 Å². The molecule has 5 nitrogen and oxygen atoms in total. The molecule has 1 N–H and O–H groups in total. The number of amides is 1. The van der Waals surface area contributed by atoms with Crippen molar-refractivity contribution in [1.29, 1.82) is 0 Å². The Labute approximate surface area is 123 Å². The SMILES string of the molecule is CC(C)=CCc1cc(N2C(=O)C(Cl)=C(C)C2O)nn1C. The number of nitrogens with zero attached hydrogens (tertiary/aromatic N) is 3. The van der Waals surface area contributed by atoms with Gasteiger partial charge in [0.1, 0.15) is 5.03 Å². The van der Waals surface area contributed by atoms with Crippen molar-refractivity contribution in [2.75, 3.05) is 4.90 Å². The van der Waals surface area contributed by atoms with Crippen molar-refractivity contribution in [3.63, 3.8) is 0 Å². The van der Waals surface area contributed by atoms with E-state index in [1.807, 2.05) is 20.9 Å². The average molecular weight is 296 g/mol. The molecular formula is C14H18ClN3O2. The topological polar surface area (TPSA) is 58.4 Å². The first-order valence-electron chi connectivity index (χ1n) is 6.37. The van der Waals surface area contributed by atoms with Gasteiger partial charge in [0, 0.05) is 30.8 Å². The molecule has 1 aliphatic rings. The minimum atomic E-state index is -1.04. The Balaban J connectivity index is 2.30. The molecule has 0 saturated heterocycles. The van der Waals surface area contributed by atoms with E-state index in [1.54, 1.807) is 17.7 Å². The molecule has 1 atom stereocenters. The third-order valence-corrected chi connectivity index (χ3v) is 3.77. The highest BCUT2D eigenvalue weighted by Crippen LogP contribution is 2.31. The van der Waals surface area contributed by atoms with Crippen molar-refractivity contribution < 1.29 is 9.90 Å². The number of aromatic nitrogens is 2. The van der Waals surface area contributed by atoms with Gasteiger partial charge in [0.2, 0.25) is 0 Å². The molecule has 1 aromatic rings. The fraction of sp³-hybridized carbons (Fsp3) is 0.429. The van der Waals surface area contributed by atoms with Gasteiger partial charge in [-0.1, -0.05) is 23.3 Å². The quantitative estimate of drug-likeness (QED) is 0.869. The van der Waals surface area contributed by atoms with Crippen molar-refractivity contribution in [2.24, 2.45) is 7.05 Å². The fourth-order valence-corrected chi connectivity index (χ4v) is 2.22. The van der Waals surface area contributed by atoms with Gasteiger partial charge in [-0.15, -0.1) is 0 Å². The number of hydrogen-bond acceptors (Lipinski definition) is 3. The summed E-state index contributed by atoms with van der Waals surface area (Å²) in [5.74, 6) is 0.000636. The zero-order valence-corrected chi connectivity index (χ0v) is 12.8. The van der Waals surface area contributed by atoms with Gasteiger partial charge in [-0.05, 0) is 20.8 Å². The van der Waals surface area contributed by atoms with Crippen molar-refractivity contribution in [1.82, 2.24) is 9.78 Å². The molecule has 6 heteroatoms. The number of carbonyl (C=O) groups excluding carboxylic acids is 1. The van der Waals surface area contributed by atoms with Crippen LogP contribution in [-0.2, 0) is 18.3 Å². The molecule has 0 aromatic carbocycles. The first-order valence-corrected chi connectivity index (χ1v) is 6.75. The average Bonchev–Trinajstić information content (AvgIpc) is 2.82. The summed E-state index contributed by atoms with van der Waals surface area (Å²) >= 11 is 5.89. The zero-order valence-electron chi connectivity index (χ0n) is 12.0. The first-order chi connectivity index (χ1) is 9.32. The van der Waals surface area contributed by atoms with E-state index in [0.29, 0.717) is 11.4 Å². The molecule has 0 spiro atoms. The second-order valence-corrected chi connectivity index (χ2v) is 5.53. The molecular weight excluding hydrogens is 278 g/mol. The van der Waals surface area contributed by atoms with Gasteiger partial charge in [-0.3, -0.25) is 14.4 Å². The monoisotopic (exact) mass is 295 g/mol. The van der Waals surface area contributed by atoms with Crippen LogP contribution in [-0.4, -0.2) is 27.0 Å². The first kappa shape index (κ1) is 14.8. The van der Waals surface area contributed by atoms with Crippen LogP contribution < -0.4 is 4.90 Å². The normalized spacial score (nSPS) is 19.0. The molecule has 20 heavy (non-hydrogen) atoms. The number of allylic oxidation sites excluding steroid dienone is 2. The third-order valence-electron chi connectivity index (χ3n) is 3.31. The number of carbonyl (C=O) groups is 1. The van der Waals surface area contributed by atoms with E-state index in [0.717, 1.165) is 12.1 Å². The fourth-order valence-electron chi connectivity index (χ4n) is 2.03. The Morgan fingerprint density at radius 3 is 2.70 bits per heavy atom. The lowest BCUT2D eigenvalue weighted by Gasteiger charge is -2.18. The van der Waals surface area contributed by atoms with E-state index >= 15 is 0 Å². The molecule has 2 heterocycles. The maximum atomic E-state index is 12.0. The lowest BCUT2D eigenvalue weighted by Crippen LogP contribution is -2.35. The van der Waals surface area contributed by atoms with Gasteiger partial charge in [0.05, 0.1) is 0 Å². The summed E-state index contributed by atoms with van der Waals surface area (Å²) in [6, 6.07) is 1.79. The lowest BCUT2D eigenvalue weighted by molar-refractivity contribution is -0.115. The van der Waals surface area contributed by atoms with E-state index in [9.17, 15) is 9.90 Å². The molecule has 2 rings (SSSR count). The lowest BCUT2D eigenvalue weighted by atomic mass is 10.2. The van der Waals surface area contributed by atoms with Crippen LogP contribution in [0.2, 0.25) is 0 Å². The van der Waals surface area contributed by atoms with Crippen LogP contribution in [0.1, 0.15) is 26.5 Å². The van der Waals surface area contributed by atoms with Gasteiger partial charge < -0.3 is 5.11 Å². The minimum absolute atomic E-state index is 0.0639. The van der Waals surface area contributed by atoms with Gasteiger partial charge in [0.25, 0.3) is 5.91 Å². The van der Waals surface area contributed by atoms with Crippen LogP contribution in [0.25, 0.3) is 0 Å². The number of halogens is 1. The molecule has 1 amide bonds. The Morgan fingerprint density at radius 2 is 2.20 bits per heavy atom. The maximum Gasteiger partial charge on any atom is 0.273 e. The summed E-state index contributed by atoms with van der Waals surface area (Å²) in [7, 11) is 1.81. The molecule has 108 valence electrons. The minimum Gasteiger partial charge on any atom is -0.369 e. The highest BCUT2D eigenvalue weighted by atomic mass is 35.5. The van der Waals surface area contributed by atoms with Crippen LogP contribution in [0.4, 0.5) is 5.82 Å². The predicted octanol–water partition coefficient (Wildman–Crippen LogP) is 2.11. The second kappa shape index (κ2) is 5.42. The van der Waals surface area contributed by atoms with Gasteiger partial charge in [-0.2, -0.15) is 5.10 Å². The van der Waals surface area contributed by atoms with Crippen molar-refractivity contribution in [3.05, 3.63) is 34.0 Å². The Kier molecular flexibility index (Phi) is 4.01. The summed E-state index contributed by atoms with van der Waals surface area (Å²) in [6.07, 6.45) is 1.77. The summed E-state index contributed by atoms with van der Waals surface area (Å²) in [5.41, 5.74) is 2.63. The molecule has 0 aliphatic carbocycles. The van der Waals surface area contributed by atoms with E-state index in [-0.39, 0.29) is 5.03 Å². The number of aliphatic hydroxyl groups excluding tert-OH is 1. The summed E-state index contributed by atoms with van der Waals surface area (Å²) in [4.78, 5) is 13.2.